The molecule has 0 aliphatic rings. The van der Waals surface area contributed by atoms with Gasteiger partial charge < -0.3 is 9.84 Å². The Bertz CT molecular complexity index is 834. The molecule has 1 aromatic heterocycles. The van der Waals surface area contributed by atoms with E-state index in [4.69, 9.17) is 4.74 Å². The van der Waals surface area contributed by atoms with Crippen LogP contribution in [0.3, 0.4) is 0 Å². The summed E-state index contributed by atoms with van der Waals surface area (Å²) in [6.07, 6.45) is 5.14. The fraction of sp³-hybridized carbons (Fsp3) is 0.417. The van der Waals surface area contributed by atoms with Crippen LogP contribution in [0, 0.1) is 0 Å². The third-order valence-electron chi connectivity index (χ3n) is 4.53. The number of rotatable bonds is 4. The molecule has 0 aliphatic heterocycles. The van der Waals surface area contributed by atoms with Crippen LogP contribution in [0.4, 0.5) is 0 Å². The maximum atomic E-state index is 12.6. The van der Waals surface area contributed by atoms with Gasteiger partial charge in [-0.3, -0.25) is 4.98 Å². The van der Waals surface area contributed by atoms with E-state index in [0.717, 1.165) is 16.7 Å². The van der Waals surface area contributed by atoms with Crippen LogP contribution in [0.1, 0.15) is 70.7 Å². The Balaban J connectivity index is 2.74. The summed E-state index contributed by atoms with van der Waals surface area (Å²) in [5, 5.41) is 10.9. The molecule has 0 amide bonds. The molecule has 0 fully saturated rings. The van der Waals surface area contributed by atoms with E-state index in [9.17, 15) is 9.90 Å². The lowest BCUT2D eigenvalue weighted by Gasteiger charge is -2.28. The van der Waals surface area contributed by atoms with Crippen molar-refractivity contribution < 1.29 is 14.6 Å². The first-order valence-corrected chi connectivity index (χ1v) is 9.62. The van der Waals surface area contributed by atoms with Gasteiger partial charge in [0.2, 0.25) is 0 Å². The number of ether oxygens (including phenoxy) is 1. The summed E-state index contributed by atoms with van der Waals surface area (Å²) in [5.41, 5.74) is 3.20. The Labute approximate surface area is 168 Å². The number of pyridine rings is 1. The van der Waals surface area contributed by atoms with Crippen LogP contribution in [-0.4, -0.2) is 22.7 Å². The standard InChI is InChI=1S/C24H31NO3/c1-8-28-22(27)18(17-10-9-11-25-15-17)12-16-13-19(23(2,3)4)21(26)20(14-16)24(5,6)7/h9-15,26H,8H2,1-7H3/b18-12-. The van der Waals surface area contributed by atoms with Gasteiger partial charge in [-0.1, -0.05) is 47.6 Å². The topological polar surface area (TPSA) is 59.4 Å². The molecule has 28 heavy (non-hydrogen) atoms. The van der Waals surface area contributed by atoms with Gasteiger partial charge in [0.1, 0.15) is 5.75 Å². The maximum absolute atomic E-state index is 12.6. The van der Waals surface area contributed by atoms with Crippen LogP contribution >= 0.6 is 0 Å². The molecule has 4 heteroatoms. The Morgan fingerprint density at radius 1 is 1.11 bits per heavy atom. The Morgan fingerprint density at radius 3 is 2.11 bits per heavy atom. The number of phenols is 1. The molecule has 150 valence electrons. The largest absolute Gasteiger partial charge is 0.507 e. The number of carbonyl (C=O) groups excluding carboxylic acids is 1. The number of hydrogen-bond acceptors (Lipinski definition) is 4. The van der Waals surface area contributed by atoms with Gasteiger partial charge in [0, 0.05) is 29.1 Å². The van der Waals surface area contributed by atoms with Gasteiger partial charge in [-0.15, -0.1) is 0 Å². The van der Waals surface area contributed by atoms with Crippen LogP contribution < -0.4 is 0 Å². The van der Waals surface area contributed by atoms with Crippen molar-refractivity contribution in [3.8, 4) is 5.75 Å². The molecule has 0 unspecified atom stereocenters. The van der Waals surface area contributed by atoms with E-state index in [-0.39, 0.29) is 10.8 Å². The highest BCUT2D eigenvalue weighted by atomic mass is 16.5. The minimum absolute atomic E-state index is 0.244. The lowest BCUT2D eigenvalue weighted by Crippen LogP contribution is -2.17. The van der Waals surface area contributed by atoms with Gasteiger partial charge in [-0.25, -0.2) is 4.79 Å². The van der Waals surface area contributed by atoms with Gasteiger partial charge in [-0.2, -0.15) is 0 Å². The van der Waals surface area contributed by atoms with Crippen molar-refractivity contribution in [2.75, 3.05) is 6.61 Å². The number of nitrogens with zero attached hydrogens (tertiary/aromatic N) is 1. The van der Waals surface area contributed by atoms with Crippen molar-refractivity contribution >= 4 is 17.6 Å². The number of aromatic nitrogens is 1. The molecule has 4 nitrogen and oxygen atoms in total. The van der Waals surface area contributed by atoms with E-state index in [1.54, 1.807) is 25.4 Å². The number of carbonyl (C=O) groups is 1. The minimum atomic E-state index is -0.391. The zero-order valence-electron chi connectivity index (χ0n) is 18.0. The van der Waals surface area contributed by atoms with E-state index in [2.05, 4.69) is 46.5 Å². The molecular formula is C24H31NO3. The number of phenolic OH excluding ortho intramolecular Hbond substituents is 1. The molecule has 0 aliphatic carbocycles. The summed E-state index contributed by atoms with van der Waals surface area (Å²) >= 11 is 0. The molecule has 0 atom stereocenters. The monoisotopic (exact) mass is 381 g/mol. The van der Waals surface area contributed by atoms with Crippen LogP contribution in [0.5, 0.6) is 5.75 Å². The smallest absolute Gasteiger partial charge is 0.338 e. The Morgan fingerprint density at radius 2 is 1.68 bits per heavy atom. The molecule has 0 radical (unpaired) electrons. The average molecular weight is 382 g/mol. The number of aromatic hydroxyl groups is 1. The highest BCUT2D eigenvalue weighted by Crippen LogP contribution is 2.40. The average Bonchev–Trinajstić information content (AvgIpc) is 2.59. The quantitative estimate of drug-likeness (QED) is 0.562. The second kappa shape index (κ2) is 8.17. The number of esters is 1. The summed E-state index contributed by atoms with van der Waals surface area (Å²) in [6.45, 7) is 14.5. The van der Waals surface area contributed by atoms with Crippen molar-refractivity contribution in [3.05, 3.63) is 58.9 Å². The van der Waals surface area contributed by atoms with Gasteiger partial charge in [0.15, 0.2) is 0 Å². The summed E-state index contributed by atoms with van der Waals surface area (Å²) in [5.74, 6) is -0.0746. The summed E-state index contributed by atoms with van der Waals surface area (Å²) in [7, 11) is 0. The fourth-order valence-electron chi connectivity index (χ4n) is 3.04. The second-order valence-corrected chi connectivity index (χ2v) is 8.98. The Hall–Kier alpha value is -2.62. The first kappa shape index (κ1) is 21.7. The zero-order valence-corrected chi connectivity index (χ0v) is 18.0. The van der Waals surface area contributed by atoms with E-state index >= 15 is 0 Å². The predicted molar refractivity (Wildman–Crippen MR) is 114 cm³/mol. The molecule has 1 N–H and O–H groups in total. The van der Waals surface area contributed by atoms with Crippen molar-refractivity contribution in [2.24, 2.45) is 0 Å². The van der Waals surface area contributed by atoms with Gasteiger partial charge in [0.25, 0.3) is 0 Å². The van der Waals surface area contributed by atoms with Crippen molar-refractivity contribution in [1.29, 1.82) is 0 Å². The summed E-state index contributed by atoms with van der Waals surface area (Å²) in [4.78, 5) is 16.7. The number of benzene rings is 1. The van der Waals surface area contributed by atoms with Crippen molar-refractivity contribution in [1.82, 2.24) is 4.98 Å². The van der Waals surface area contributed by atoms with E-state index in [1.165, 1.54) is 0 Å². The summed E-state index contributed by atoms with van der Waals surface area (Å²) < 4.78 is 5.27. The van der Waals surface area contributed by atoms with E-state index < -0.39 is 5.97 Å². The number of hydrogen-bond donors (Lipinski definition) is 1. The maximum Gasteiger partial charge on any atom is 0.338 e. The van der Waals surface area contributed by atoms with Crippen LogP contribution in [0.15, 0.2) is 36.7 Å². The van der Waals surface area contributed by atoms with Gasteiger partial charge >= 0.3 is 5.97 Å². The highest BCUT2D eigenvalue weighted by Gasteiger charge is 2.26. The third-order valence-corrected chi connectivity index (χ3v) is 4.53. The van der Waals surface area contributed by atoms with Gasteiger partial charge in [-0.05, 0) is 47.6 Å². The van der Waals surface area contributed by atoms with Crippen molar-refractivity contribution in [2.45, 2.75) is 59.3 Å². The fourth-order valence-corrected chi connectivity index (χ4v) is 3.04. The van der Waals surface area contributed by atoms with E-state index in [1.807, 2.05) is 24.3 Å². The SMILES string of the molecule is CCOC(=O)/C(=C\c1cc(C(C)(C)C)c(O)c(C(C)(C)C)c1)c1cccnc1. The molecular weight excluding hydrogens is 350 g/mol. The molecule has 1 heterocycles. The lowest BCUT2D eigenvalue weighted by atomic mass is 9.78. The second-order valence-electron chi connectivity index (χ2n) is 8.98. The van der Waals surface area contributed by atoms with Crippen LogP contribution in [0.25, 0.3) is 11.6 Å². The molecule has 0 bridgehead atoms. The van der Waals surface area contributed by atoms with Crippen molar-refractivity contribution in [3.63, 3.8) is 0 Å². The minimum Gasteiger partial charge on any atom is -0.507 e. The predicted octanol–water partition coefficient (Wildman–Crippen LogP) is 5.49. The summed E-state index contributed by atoms with van der Waals surface area (Å²) in [6, 6.07) is 7.52. The lowest BCUT2D eigenvalue weighted by molar-refractivity contribution is -0.136. The normalized spacial score (nSPS) is 12.8. The zero-order chi connectivity index (χ0) is 21.1. The molecule has 0 spiro atoms. The molecule has 0 saturated carbocycles. The third kappa shape index (κ3) is 5.00. The molecule has 2 aromatic rings. The van der Waals surface area contributed by atoms with E-state index in [0.29, 0.717) is 23.5 Å². The molecule has 0 saturated heterocycles. The highest BCUT2D eigenvalue weighted by molar-refractivity contribution is 6.21. The van der Waals surface area contributed by atoms with Crippen LogP contribution in [0.2, 0.25) is 0 Å². The van der Waals surface area contributed by atoms with Crippen LogP contribution in [-0.2, 0) is 20.4 Å². The molecule has 1 aromatic carbocycles. The first-order chi connectivity index (χ1) is 12.9. The first-order valence-electron chi connectivity index (χ1n) is 9.62. The van der Waals surface area contributed by atoms with Gasteiger partial charge in [0.05, 0.1) is 12.2 Å². The molecule has 2 rings (SSSR count). The Kier molecular flexibility index (Phi) is 6.33.